The number of carbonyl (C=O) groups excluding carboxylic acids is 1. The summed E-state index contributed by atoms with van der Waals surface area (Å²) < 4.78 is 19.4. The van der Waals surface area contributed by atoms with Crippen LogP contribution in [-0.4, -0.2) is 40.7 Å². The molecular weight excluding hydrogens is 391 g/mol. The maximum atomic E-state index is 13.5. The smallest absolute Gasteiger partial charge is 0.318 e. The Kier molecular flexibility index (Phi) is 6.09. The van der Waals surface area contributed by atoms with Crippen LogP contribution in [-0.2, 0) is 6.42 Å². The van der Waals surface area contributed by atoms with E-state index in [-0.39, 0.29) is 11.5 Å². The lowest BCUT2D eigenvalue weighted by Gasteiger charge is -2.24. The number of nitrogens with zero attached hydrogens (tertiary/aromatic N) is 3. The minimum atomic E-state index is -0.520. The monoisotopic (exact) mass is 412 g/mol. The number of anilines is 1. The number of carbonyl (C=O) groups is 1. The molecule has 1 saturated heterocycles. The summed E-state index contributed by atoms with van der Waals surface area (Å²) in [5, 5.41) is 11.3. The number of hydrogen-bond acceptors (Lipinski definition) is 6. The van der Waals surface area contributed by atoms with Gasteiger partial charge in [0.15, 0.2) is 0 Å². The van der Waals surface area contributed by atoms with Gasteiger partial charge in [-0.15, -0.1) is 5.10 Å². The molecule has 1 aromatic heterocycles. The lowest BCUT2D eigenvalue weighted by atomic mass is 10.1. The van der Waals surface area contributed by atoms with E-state index in [1.807, 2.05) is 42.1 Å². The van der Waals surface area contributed by atoms with Crippen LogP contribution < -0.4 is 10.2 Å². The van der Waals surface area contributed by atoms with Crippen molar-refractivity contribution in [1.29, 1.82) is 0 Å². The molecule has 4 rings (SSSR count). The van der Waals surface area contributed by atoms with Crippen molar-refractivity contribution in [3.8, 4) is 0 Å². The predicted octanol–water partition coefficient (Wildman–Crippen LogP) is 3.48. The predicted molar refractivity (Wildman–Crippen MR) is 111 cm³/mol. The molecule has 8 heteroatoms. The number of nitrogens with one attached hydrogen (secondary N) is 1. The fourth-order valence-electron chi connectivity index (χ4n) is 3.17. The highest BCUT2D eigenvalue weighted by atomic mass is 32.2. The average molecular weight is 412 g/mol. The summed E-state index contributed by atoms with van der Waals surface area (Å²) in [6, 6.07) is 15.3. The van der Waals surface area contributed by atoms with Gasteiger partial charge in [-0.3, -0.25) is 4.79 Å². The van der Waals surface area contributed by atoms with Gasteiger partial charge >= 0.3 is 6.01 Å². The molecule has 2 aromatic carbocycles. The maximum absolute atomic E-state index is 13.5. The van der Waals surface area contributed by atoms with E-state index in [0.29, 0.717) is 18.3 Å². The topological polar surface area (TPSA) is 71.3 Å². The lowest BCUT2D eigenvalue weighted by molar-refractivity contribution is 0.0929. The van der Waals surface area contributed by atoms with Gasteiger partial charge in [-0.25, -0.2) is 4.39 Å². The van der Waals surface area contributed by atoms with Crippen LogP contribution in [0.25, 0.3) is 0 Å². The zero-order valence-corrected chi connectivity index (χ0v) is 16.6. The second-order valence-corrected chi connectivity index (χ2v) is 7.97. The molecule has 1 aliphatic rings. The Hall–Kier alpha value is -2.87. The molecule has 0 radical (unpaired) electrons. The lowest BCUT2D eigenvalue weighted by Crippen LogP contribution is -2.32. The van der Waals surface area contributed by atoms with Crippen molar-refractivity contribution < 1.29 is 13.6 Å². The Morgan fingerprint density at radius 3 is 2.69 bits per heavy atom. The van der Waals surface area contributed by atoms with E-state index in [9.17, 15) is 9.18 Å². The van der Waals surface area contributed by atoms with Gasteiger partial charge < -0.3 is 14.6 Å². The summed E-state index contributed by atoms with van der Waals surface area (Å²) in [5.41, 5.74) is 1.27. The number of aromatic nitrogens is 2. The minimum Gasteiger partial charge on any atom is -0.406 e. The molecule has 1 aliphatic heterocycles. The highest BCUT2D eigenvalue weighted by Gasteiger charge is 2.25. The van der Waals surface area contributed by atoms with Crippen molar-refractivity contribution in [3.63, 3.8) is 0 Å². The fourth-order valence-corrected chi connectivity index (χ4v) is 4.07. The van der Waals surface area contributed by atoms with E-state index < -0.39 is 11.9 Å². The molecule has 0 aliphatic carbocycles. The number of rotatable bonds is 6. The van der Waals surface area contributed by atoms with Crippen molar-refractivity contribution in [3.05, 3.63) is 77.4 Å². The van der Waals surface area contributed by atoms with Crippen LogP contribution in [0, 0.1) is 5.82 Å². The summed E-state index contributed by atoms with van der Waals surface area (Å²) >= 11 is 1.90. The van der Waals surface area contributed by atoms with Crippen LogP contribution in [0.3, 0.4) is 0 Å². The molecule has 0 bridgehead atoms. The van der Waals surface area contributed by atoms with Crippen LogP contribution >= 0.6 is 11.8 Å². The van der Waals surface area contributed by atoms with Crippen molar-refractivity contribution in [2.45, 2.75) is 12.5 Å². The molecule has 0 spiro atoms. The average Bonchev–Trinajstić information content (AvgIpc) is 3.25. The molecular formula is C21H21FN4O2S. The quantitative estimate of drug-likeness (QED) is 0.668. The molecule has 1 fully saturated rings. The first-order valence-corrected chi connectivity index (χ1v) is 10.6. The van der Waals surface area contributed by atoms with E-state index in [0.717, 1.165) is 30.2 Å². The molecule has 1 atom stereocenters. The summed E-state index contributed by atoms with van der Waals surface area (Å²) in [5.74, 6) is 1.52. The molecule has 0 saturated carbocycles. The number of benzene rings is 2. The van der Waals surface area contributed by atoms with Gasteiger partial charge in [0.25, 0.3) is 5.91 Å². The van der Waals surface area contributed by atoms with E-state index in [1.54, 1.807) is 6.07 Å². The number of thioether (sulfide) groups is 1. The Bertz CT molecular complexity index is 960. The molecule has 3 aromatic rings. The Morgan fingerprint density at radius 1 is 1.14 bits per heavy atom. The molecule has 0 unspecified atom stereocenters. The van der Waals surface area contributed by atoms with Crippen molar-refractivity contribution in [1.82, 2.24) is 15.5 Å². The molecule has 150 valence electrons. The van der Waals surface area contributed by atoms with E-state index >= 15 is 0 Å². The van der Waals surface area contributed by atoms with Crippen molar-refractivity contribution in [2.24, 2.45) is 0 Å². The third-order valence-electron chi connectivity index (χ3n) is 4.68. The first-order chi connectivity index (χ1) is 14.2. The normalized spacial score (nSPS) is 15.1. The number of halogens is 1. The number of amides is 1. The summed E-state index contributed by atoms with van der Waals surface area (Å²) in [7, 11) is 0. The van der Waals surface area contributed by atoms with Gasteiger partial charge in [0.1, 0.15) is 11.9 Å². The van der Waals surface area contributed by atoms with Crippen LogP contribution in [0.15, 0.2) is 59.0 Å². The van der Waals surface area contributed by atoms with Crippen LogP contribution in [0.2, 0.25) is 0 Å². The van der Waals surface area contributed by atoms with Crippen molar-refractivity contribution >= 4 is 23.7 Å². The Balaban J connectivity index is 1.56. The Morgan fingerprint density at radius 2 is 1.93 bits per heavy atom. The van der Waals surface area contributed by atoms with Gasteiger partial charge in [-0.2, -0.15) is 11.8 Å². The highest BCUT2D eigenvalue weighted by Crippen LogP contribution is 2.23. The van der Waals surface area contributed by atoms with Gasteiger partial charge in [-0.1, -0.05) is 41.5 Å². The maximum Gasteiger partial charge on any atom is 0.318 e. The summed E-state index contributed by atoms with van der Waals surface area (Å²) in [4.78, 5) is 14.8. The molecule has 6 nitrogen and oxygen atoms in total. The van der Waals surface area contributed by atoms with Gasteiger partial charge in [0.05, 0.1) is 0 Å². The number of hydrogen-bond donors (Lipinski definition) is 1. The third-order valence-corrected chi connectivity index (χ3v) is 5.63. The van der Waals surface area contributed by atoms with Gasteiger partial charge in [0, 0.05) is 36.6 Å². The standard InChI is InChI=1S/C21H21FN4O2S/c22-17-8-4-7-16(14-17)19(27)23-18(13-15-5-2-1-3-6-15)20-24-25-21(28-20)26-9-11-29-12-10-26/h1-8,14,18H,9-13H2,(H,23,27)/t18-/m0/s1. The molecule has 1 N–H and O–H groups in total. The van der Waals surface area contributed by atoms with Crippen molar-refractivity contribution in [2.75, 3.05) is 29.5 Å². The molecule has 2 heterocycles. The zero-order chi connectivity index (χ0) is 20.1. The second-order valence-electron chi connectivity index (χ2n) is 6.75. The molecule has 1 amide bonds. The zero-order valence-electron chi connectivity index (χ0n) is 15.8. The van der Waals surface area contributed by atoms with E-state index in [2.05, 4.69) is 20.4 Å². The van der Waals surface area contributed by atoms with Crippen LogP contribution in [0.5, 0.6) is 0 Å². The minimum absolute atomic E-state index is 0.246. The van der Waals surface area contributed by atoms with Gasteiger partial charge in [-0.05, 0) is 23.8 Å². The van der Waals surface area contributed by atoms with Crippen LogP contribution in [0.1, 0.15) is 27.9 Å². The van der Waals surface area contributed by atoms with E-state index in [4.69, 9.17) is 4.42 Å². The SMILES string of the molecule is O=C(N[C@@H](Cc1ccccc1)c1nnc(N2CCSCC2)o1)c1cccc(F)c1. The second kappa shape index (κ2) is 9.09. The van der Waals surface area contributed by atoms with Crippen LogP contribution in [0.4, 0.5) is 10.4 Å². The first kappa shape index (κ1) is 19.4. The third kappa shape index (κ3) is 4.95. The largest absolute Gasteiger partial charge is 0.406 e. The van der Waals surface area contributed by atoms with E-state index in [1.165, 1.54) is 18.2 Å². The first-order valence-electron chi connectivity index (χ1n) is 9.45. The highest BCUT2D eigenvalue weighted by molar-refractivity contribution is 7.99. The Labute approximate surface area is 172 Å². The molecule has 29 heavy (non-hydrogen) atoms. The summed E-state index contributed by atoms with van der Waals surface area (Å²) in [6.45, 7) is 1.70. The fraction of sp³-hybridized carbons (Fsp3) is 0.286. The summed E-state index contributed by atoms with van der Waals surface area (Å²) in [6.07, 6.45) is 0.485. The van der Waals surface area contributed by atoms with Gasteiger partial charge in [0.2, 0.25) is 5.89 Å².